The number of rotatable bonds is 6. The van der Waals surface area contributed by atoms with Gasteiger partial charge in [-0.2, -0.15) is 4.98 Å². The maximum Gasteiger partial charge on any atom is 0.358 e. The maximum atomic E-state index is 12.0. The number of anilines is 2. The van der Waals surface area contributed by atoms with Crippen LogP contribution in [-0.2, 0) is 24.2 Å². The summed E-state index contributed by atoms with van der Waals surface area (Å²) in [6, 6.07) is 0. The standard InChI is InChI=1S/C19H24N6O3S/c1-2-28-17(27)13-9-24-6-7-25(10-14(24)20-13)18-21-12-3-8-29-15(12)16(22-18)23-19(11-26)4-5-19/h9,26H,2-8,10-11H2,1H3,(H,21,22,23). The molecule has 9 nitrogen and oxygen atoms in total. The van der Waals surface area contributed by atoms with E-state index in [1.54, 1.807) is 24.9 Å². The molecule has 1 fully saturated rings. The number of hydrogen-bond acceptors (Lipinski definition) is 9. The van der Waals surface area contributed by atoms with E-state index in [9.17, 15) is 9.90 Å². The van der Waals surface area contributed by atoms with Gasteiger partial charge < -0.3 is 24.6 Å². The second-order valence-corrected chi connectivity index (χ2v) is 8.79. The van der Waals surface area contributed by atoms with Crippen LogP contribution in [0.15, 0.2) is 11.1 Å². The van der Waals surface area contributed by atoms with Crippen molar-refractivity contribution in [3.8, 4) is 0 Å². The number of thioether (sulfide) groups is 1. The van der Waals surface area contributed by atoms with Gasteiger partial charge in [-0.05, 0) is 19.8 Å². The van der Waals surface area contributed by atoms with Crippen molar-refractivity contribution in [2.24, 2.45) is 0 Å². The highest BCUT2D eigenvalue weighted by molar-refractivity contribution is 7.99. The van der Waals surface area contributed by atoms with E-state index in [1.165, 1.54) is 0 Å². The first-order valence-electron chi connectivity index (χ1n) is 10.0. The number of aryl methyl sites for hydroxylation is 1. The Hall–Kier alpha value is -2.33. The molecule has 0 bridgehead atoms. The second kappa shape index (κ2) is 7.17. The molecule has 10 heteroatoms. The van der Waals surface area contributed by atoms with Crippen LogP contribution in [0.2, 0.25) is 0 Å². The lowest BCUT2D eigenvalue weighted by molar-refractivity contribution is 0.0520. The summed E-state index contributed by atoms with van der Waals surface area (Å²) in [6.45, 7) is 4.22. The van der Waals surface area contributed by atoms with E-state index in [2.05, 4.69) is 15.2 Å². The number of hydrogen-bond donors (Lipinski definition) is 2. The molecule has 0 spiro atoms. The van der Waals surface area contributed by atoms with Crippen LogP contribution in [0.4, 0.5) is 11.8 Å². The molecule has 2 aliphatic heterocycles. The van der Waals surface area contributed by atoms with Gasteiger partial charge in [0.1, 0.15) is 11.6 Å². The predicted octanol–water partition coefficient (Wildman–Crippen LogP) is 1.45. The first-order valence-corrected chi connectivity index (χ1v) is 11.0. The van der Waals surface area contributed by atoms with E-state index in [1.807, 2.05) is 4.57 Å². The lowest BCUT2D eigenvalue weighted by Crippen LogP contribution is -2.35. The topological polar surface area (TPSA) is 105 Å². The Bertz CT molecular complexity index is 958. The average molecular weight is 417 g/mol. The summed E-state index contributed by atoms with van der Waals surface area (Å²) in [5, 5.41) is 13.2. The predicted molar refractivity (Wildman–Crippen MR) is 108 cm³/mol. The number of carbonyl (C=O) groups excluding carboxylic acids is 1. The number of nitrogens with zero attached hydrogens (tertiary/aromatic N) is 5. The highest BCUT2D eigenvalue weighted by atomic mass is 32.2. The lowest BCUT2D eigenvalue weighted by Gasteiger charge is -2.28. The summed E-state index contributed by atoms with van der Waals surface area (Å²) in [5.41, 5.74) is 1.18. The Morgan fingerprint density at radius 2 is 2.21 bits per heavy atom. The van der Waals surface area contributed by atoms with Crippen LogP contribution < -0.4 is 10.2 Å². The molecule has 3 aliphatic rings. The van der Waals surface area contributed by atoms with Gasteiger partial charge in [-0.15, -0.1) is 11.8 Å². The van der Waals surface area contributed by atoms with Crippen LogP contribution in [0.3, 0.4) is 0 Å². The average Bonchev–Trinajstić information content (AvgIpc) is 3.14. The smallest absolute Gasteiger partial charge is 0.358 e. The van der Waals surface area contributed by atoms with E-state index in [0.717, 1.165) is 53.8 Å². The van der Waals surface area contributed by atoms with Crippen molar-refractivity contribution < 1.29 is 14.6 Å². The molecule has 2 N–H and O–H groups in total. The van der Waals surface area contributed by atoms with Crippen LogP contribution in [-0.4, -0.2) is 61.6 Å². The first kappa shape index (κ1) is 18.7. The molecule has 0 saturated heterocycles. The summed E-state index contributed by atoms with van der Waals surface area (Å²) in [6.07, 6.45) is 4.60. The summed E-state index contributed by atoms with van der Waals surface area (Å²) < 4.78 is 7.06. The van der Waals surface area contributed by atoms with Crippen molar-refractivity contribution in [2.45, 2.75) is 49.7 Å². The quantitative estimate of drug-likeness (QED) is 0.677. The van der Waals surface area contributed by atoms with E-state index < -0.39 is 5.97 Å². The van der Waals surface area contributed by atoms with Crippen LogP contribution in [0.5, 0.6) is 0 Å². The second-order valence-electron chi connectivity index (χ2n) is 7.69. The maximum absolute atomic E-state index is 12.0. The summed E-state index contributed by atoms with van der Waals surface area (Å²) in [7, 11) is 0. The zero-order valence-electron chi connectivity index (χ0n) is 16.3. The Labute approximate surface area is 172 Å². The zero-order valence-corrected chi connectivity index (χ0v) is 17.2. The number of fused-ring (bicyclic) bond motifs is 2. The van der Waals surface area contributed by atoms with E-state index in [4.69, 9.17) is 14.7 Å². The van der Waals surface area contributed by atoms with Gasteiger partial charge in [-0.3, -0.25) is 0 Å². The summed E-state index contributed by atoms with van der Waals surface area (Å²) in [5.74, 6) is 2.93. The molecule has 0 radical (unpaired) electrons. The molecule has 0 amide bonds. The van der Waals surface area contributed by atoms with Gasteiger partial charge in [-0.1, -0.05) is 0 Å². The molecule has 0 atom stereocenters. The molecule has 0 aromatic carbocycles. The third-order valence-corrected chi connectivity index (χ3v) is 6.74. The van der Waals surface area contributed by atoms with Crippen molar-refractivity contribution in [1.82, 2.24) is 19.5 Å². The summed E-state index contributed by atoms with van der Waals surface area (Å²) in [4.78, 5) is 29.3. The minimum atomic E-state index is -0.392. The largest absolute Gasteiger partial charge is 0.461 e. The molecule has 154 valence electrons. The zero-order chi connectivity index (χ0) is 20.0. The number of esters is 1. The first-order chi connectivity index (χ1) is 14.1. The molecular formula is C19H24N6O3S. The third kappa shape index (κ3) is 3.44. The molecule has 2 aromatic rings. The van der Waals surface area contributed by atoms with E-state index in [-0.39, 0.29) is 12.1 Å². The van der Waals surface area contributed by atoms with Crippen molar-refractivity contribution in [3.63, 3.8) is 0 Å². The number of aromatic nitrogens is 4. The monoisotopic (exact) mass is 416 g/mol. The van der Waals surface area contributed by atoms with E-state index in [0.29, 0.717) is 31.3 Å². The number of nitrogens with one attached hydrogen (secondary N) is 1. The Morgan fingerprint density at radius 3 is 2.97 bits per heavy atom. The third-order valence-electron chi connectivity index (χ3n) is 5.62. The van der Waals surface area contributed by atoms with Gasteiger partial charge in [0.05, 0.1) is 35.9 Å². The van der Waals surface area contributed by atoms with Gasteiger partial charge in [0.15, 0.2) is 5.69 Å². The van der Waals surface area contributed by atoms with Crippen LogP contribution in [0.1, 0.15) is 41.8 Å². The van der Waals surface area contributed by atoms with Gasteiger partial charge in [-0.25, -0.2) is 14.8 Å². The Morgan fingerprint density at radius 1 is 1.34 bits per heavy atom. The summed E-state index contributed by atoms with van der Waals surface area (Å²) >= 11 is 1.77. The van der Waals surface area contributed by atoms with Crippen LogP contribution >= 0.6 is 11.8 Å². The van der Waals surface area contributed by atoms with Crippen LogP contribution in [0.25, 0.3) is 0 Å². The molecule has 0 unspecified atom stereocenters. The SMILES string of the molecule is CCOC(=O)c1cn2c(n1)CN(c1nc3c(c(NC4(CO)CC4)n1)SCC3)CC2. The highest BCUT2D eigenvalue weighted by Crippen LogP contribution is 2.43. The molecule has 1 saturated carbocycles. The van der Waals surface area contributed by atoms with Gasteiger partial charge >= 0.3 is 5.97 Å². The van der Waals surface area contributed by atoms with Gasteiger partial charge in [0, 0.05) is 31.5 Å². The van der Waals surface area contributed by atoms with Gasteiger partial charge in [0.25, 0.3) is 0 Å². The van der Waals surface area contributed by atoms with Crippen molar-refractivity contribution >= 4 is 29.5 Å². The fraction of sp³-hybridized carbons (Fsp3) is 0.579. The number of aliphatic hydroxyl groups is 1. The molecule has 4 heterocycles. The highest BCUT2D eigenvalue weighted by Gasteiger charge is 2.43. The van der Waals surface area contributed by atoms with Crippen molar-refractivity contribution in [3.05, 3.63) is 23.4 Å². The molecule has 2 aromatic heterocycles. The number of ether oxygens (including phenoxy) is 1. The van der Waals surface area contributed by atoms with Crippen molar-refractivity contribution in [2.75, 3.05) is 35.7 Å². The fourth-order valence-corrected chi connectivity index (χ4v) is 4.78. The van der Waals surface area contributed by atoms with Gasteiger partial charge in [0.2, 0.25) is 5.95 Å². The minimum absolute atomic E-state index is 0.115. The molecule has 29 heavy (non-hydrogen) atoms. The van der Waals surface area contributed by atoms with Crippen molar-refractivity contribution in [1.29, 1.82) is 0 Å². The molecular weight excluding hydrogens is 392 g/mol. The van der Waals surface area contributed by atoms with Crippen LogP contribution in [0, 0.1) is 0 Å². The number of imidazole rings is 1. The molecule has 5 rings (SSSR count). The number of aliphatic hydroxyl groups excluding tert-OH is 1. The normalized spacial score (nSPS) is 18.9. The fourth-order valence-electron chi connectivity index (χ4n) is 3.73. The lowest BCUT2D eigenvalue weighted by atomic mass is 10.2. The minimum Gasteiger partial charge on any atom is -0.461 e. The number of carbonyl (C=O) groups is 1. The molecule has 1 aliphatic carbocycles. The Balaban J connectivity index is 1.41. The Kier molecular flexibility index (Phi) is 4.62. The van der Waals surface area contributed by atoms with E-state index >= 15 is 0 Å².